The average molecular weight is 354 g/mol. The maximum absolute atomic E-state index is 12.5. The minimum absolute atomic E-state index is 0.0216. The summed E-state index contributed by atoms with van der Waals surface area (Å²) in [6.45, 7) is 4.79. The summed E-state index contributed by atoms with van der Waals surface area (Å²) in [6.07, 6.45) is -0.710. The maximum Gasteiger partial charge on any atom is 0.269 e. The van der Waals surface area contributed by atoms with Crippen LogP contribution in [-0.4, -0.2) is 36.0 Å². The molecule has 6 nitrogen and oxygen atoms in total. The van der Waals surface area contributed by atoms with Crippen LogP contribution in [0.1, 0.15) is 19.4 Å². The summed E-state index contributed by atoms with van der Waals surface area (Å²) in [4.78, 5) is 25.8. The second-order valence-corrected chi connectivity index (χ2v) is 6.09. The Labute approximate surface area is 152 Å². The molecule has 0 fully saturated rings. The van der Waals surface area contributed by atoms with Gasteiger partial charge < -0.3 is 19.7 Å². The van der Waals surface area contributed by atoms with E-state index >= 15 is 0 Å². The van der Waals surface area contributed by atoms with Crippen molar-refractivity contribution in [3.8, 4) is 11.5 Å². The molecule has 3 rings (SSSR count). The first kappa shape index (κ1) is 17.8. The predicted octanol–water partition coefficient (Wildman–Crippen LogP) is 2.83. The number of carbonyl (C=O) groups is 2. The van der Waals surface area contributed by atoms with Crippen molar-refractivity contribution < 1.29 is 19.1 Å². The topological polar surface area (TPSA) is 67.9 Å². The van der Waals surface area contributed by atoms with Crippen molar-refractivity contribution in [1.29, 1.82) is 0 Å². The molecule has 2 aromatic carbocycles. The summed E-state index contributed by atoms with van der Waals surface area (Å²) in [6, 6.07) is 14.7. The fraction of sp³-hybridized carbons (Fsp3) is 0.300. The van der Waals surface area contributed by atoms with Crippen LogP contribution in [0.25, 0.3) is 0 Å². The molecule has 2 amide bonds. The molecule has 0 aromatic heterocycles. The van der Waals surface area contributed by atoms with Crippen LogP contribution in [0, 0.1) is 0 Å². The number of para-hydroxylation sites is 2. The van der Waals surface area contributed by atoms with Crippen molar-refractivity contribution >= 4 is 17.5 Å². The Morgan fingerprint density at radius 3 is 2.65 bits per heavy atom. The highest BCUT2D eigenvalue weighted by Gasteiger charge is 2.27. The molecule has 0 radical (unpaired) electrons. The molecule has 1 atom stereocenters. The summed E-state index contributed by atoms with van der Waals surface area (Å²) in [5.74, 6) is 0.957. The Bertz CT molecular complexity index is 806. The second-order valence-electron chi connectivity index (χ2n) is 6.09. The van der Waals surface area contributed by atoms with E-state index in [9.17, 15) is 9.59 Å². The van der Waals surface area contributed by atoms with E-state index in [1.54, 1.807) is 24.0 Å². The number of benzene rings is 2. The molecule has 1 unspecified atom stereocenters. The third-order valence-corrected chi connectivity index (χ3v) is 4.20. The number of amides is 2. The number of nitrogens with zero attached hydrogens (tertiary/aromatic N) is 1. The van der Waals surface area contributed by atoms with Gasteiger partial charge in [0.2, 0.25) is 12.0 Å². The Morgan fingerprint density at radius 1 is 1.15 bits per heavy atom. The Kier molecular flexibility index (Phi) is 5.41. The Morgan fingerprint density at radius 2 is 1.92 bits per heavy atom. The van der Waals surface area contributed by atoms with E-state index in [1.165, 1.54) is 0 Å². The van der Waals surface area contributed by atoms with Crippen LogP contribution in [0.3, 0.4) is 0 Å². The van der Waals surface area contributed by atoms with Gasteiger partial charge in [0.1, 0.15) is 6.61 Å². The van der Waals surface area contributed by atoms with Gasteiger partial charge in [-0.15, -0.1) is 0 Å². The smallest absolute Gasteiger partial charge is 0.269 e. The van der Waals surface area contributed by atoms with Crippen molar-refractivity contribution in [3.05, 3.63) is 54.1 Å². The van der Waals surface area contributed by atoms with Gasteiger partial charge in [0.25, 0.3) is 5.91 Å². The molecule has 6 heteroatoms. The van der Waals surface area contributed by atoms with Gasteiger partial charge in [-0.1, -0.05) is 24.3 Å². The molecule has 0 bridgehead atoms. The lowest BCUT2D eigenvalue weighted by molar-refractivity contribution is -0.129. The van der Waals surface area contributed by atoms with Gasteiger partial charge in [-0.3, -0.25) is 9.59 Å². The van der Waals surface area contributed by atoms with Gasteiger partial charge in [0, 0.05) is 25.7 Å². The SMILES string of the molecule is CCN(Cc1cccc(NC(=O)C2COc3ccccc3O2)c1)C(C)=O. The number of anilines is 1. The van der Waals surface area contributed by atoms with Crippen LogP contribution in [0.5, 0.6) is 11.5 Å². The van der Waals surface area contributed by atoms with Gasteiger partial charge in [0.05, 0.1) is 0 Å². The monoisotopic (exact) mass is 354 g/mol. The largest absolute Gasteiger partial charge is 0.485 e. The molecule has 0 aliphatic carbocycles. The molecular formula is C20H22N2O4. The number of nitrogens with one attached hydrogen (secondary N) is 1. The van der Waals surface area contributed by atoms with Crippen LogP contribution < -0.4 is 14.8 Å². The normalized spacial score (nSPS) is 15.2. The lowest BCUT2D eigenvalue weighted by Crippen LogP contribution is -2.40. The Hall–Kier alpha value is -3.02. The van der Waals surface area contributed by atoms with Crippen LogP contribution >= 0.6 is 0 Å². The highest BCUT2D eigenvalue weighted by molar-refractivity contribution is 5.94. The number of hydrogen-bond acceptors (Lipinski definition) is 4. The highest BCUT2D eigenvalue weighted by Crippen LogP contribution is 2.31. The minimum atomic E-state index is -0.710. The van der Waals surface area contributed by atoms with Crippen LogP contribution in [0.4, 0.5) is 5.69 Å². The molecule has 0 spiro atoms. The molecule has 1 N–H and O–H groups in total. The third kappa shape index (κ3) is 4.14. The van der Waals surface area contributed by atoms with Crippen LogP contribution in [0.15, 0.2) is 48.5 Å². The number of ether oxygens (including phenoxy) is 2. The van der Waals surface area contributed by atoms with E-state index in [0.717, 1.165) is 5.56 Å². The average Bonchev–Trinajstić information content (AvgIpc) is 2.65. The summed E-state index contributed by atoms with van der Waals surface area (Å²) < 4.78 is 11.3. The minimum Gasteiger partial charge on any atom is -0.485 e. The van der Waals surface area contributed by atoms with Crippen molar-refractivity contribution in [3.63, 3.8) is 0 Å². The molecule has 2 aromatic rings. The third-order valence-electron chi connectivity index (χ3n) is 4.20. The van der Waals surface area contributed by atoms with Gasteiger partial charge in [-0.2, -0.15) is 0 Å². The van der Waals surface area contributed by atoms with Gasteiger partial charge in [-0.05, 0) is 36.8 Å². The standard InChI is InChI=1S/C20H22N2O4/c1-3-22(14(2)23)12-15-7-6-8-16(11-15)21-20(24)19-13-25-17-9-4-5-10-18(17)26-19/h4-11,19H,3,12-13H2,1-2H3,(H,21,24). The van der Waals surface area contributed by atoms with Crippen LogP contribution in [-0.2, 0) is 16.1 Å². The number of hydrogen-bond donors (Lipinski definition) is 1. The fourth-order valence-electron chi connectivity index (χ4n) is 2.79. The maximum atomic E-state index is 12.5. The molecular weight excluding hydrogens is 332 g/mol. The van der Waals surface area contributed by atoms with Crippen LogP contribution in [0.2, 0.25) is 0 Å². The molecule has 1 aliphatic heterocycles. The predicted molar refractivity (Wildman–Crippen MR) is 98.2 cm³/mol. The number of fused-ring (bicyclic) bond motifs is 1. The summed E-state index contributed by atoms with van der Waals surface area (Å²) in [5, 5.41) is 2.86. The van der Waals surface area contributed by atoms with Gasteiger partial charge in [0.15, 0.2) is 11.5 Å². The summed E-state index contributed by atoms with van der Waals surface area (Å²) in [7, 11) is 0. The lowest BCUT2D eigenvalue weighted by atomic mass is 10.1. The van der Waals surface area contributed by atoms with Crippen molar-refractivity contribution in [2.75, 3.05) is 18.5 Å². The summed E-state index contributed by atoms with van der Waals surface area (Å²) in [5.41, 5.74) is 1.61. The number of rotatable bonds is 5. The Balaban J connectivity index is 1.65. The zero-order chi connectivity index (χ0) is 18.5. The lowest BCUT2D eigenvalue weighted by Gasteiger charge is -2.25. The molecule has 136 valence electrons. The first-order valence-corrected chi connectivity index (χ1v) is 8.60. The highest BCUT2D eigenvalue weighted by atomic mass is 16.6. The van der Waals surface area contributed by atoms with Gasteiger partial charge in [-0.25, -0.2) is 0 Å². The first-order chi connectivity index (χ1) is 12.6. The van der Waals surface area contributed by atoms with E-state index in [2.05, 4.69) is 5.32 Å². The first-order valence-electron chi connectivity index (χ1n) is 8.60. The molecule has 0 saturated carbocycles. The van der Waals surface area contributed by atoms with E-state index in [-0.39, 0.29) is 18.4 Å². The molecule has 1 aliphatic rings. The number of carbonyl (C=O) groups excluding carboxylic acids is 2. The molecule has 0 saturated heterocycles. The van der Waals surface area contributed by atoms with Crippen molar-refractivity contribution in [2.45, 2.75) is 26.5 Å². The van der Waals surface area contributed by atoms with E-state index in [0.29, 0.717) is 30.3 Å². The van der Waals surface area contributed by atoms with E-state index in [4.69, 9.17) is 9.47 Å². The van der Waals surface area contributed by atoms with E-state index < -0.39 is 6.10 Å². The quantitative estimate of drug-likeness (QED) is 0.897. The zero-order valence-corrected chi connectivity index (χ0v) is 14.9. The summed E-state index contributed by atoms with van der Waals surface area (Å²) >= 11 is 0. The second kappa shape index (κ2) is 7.91. The zero-order valence-electron chi connectivity index (χ0n) is 14.9. The van der Waals surface area contributed by atoms with Crippen molar-refractivity contribution in [1.82, 2.24) is 4.90 Å². The van der Waals surface area contributed by atoms with Gasteiger partial charge >= 0.3 is 0 Å². The molecule has 26 heavy (non-hydrogen) atoms. The van der Waals surface area contributed by atoms with Crippen molar-refractivity contribution in [2.24, 2.45) is 0 Å². The van der Waals surface area contributed by atoms with E-state index in [1.807, 2.05) is 43.3 Å². The fourth-order valence-corrected chi connectivity index (χ4v) is 2.79. The molecule has 1 heterocycles.